The molecule has 0 amide bonds. The summed E-state index contributed by atoms with van der Waals surface area (Å²) in [5.41, 5.74) is 0.942. The first kappa shape index (κ1) is 10.7. The predicted molar refractivity (Wildman–Crippen MR) is 61.7 cm³/mol. The smallest absolute Gasteiger partial charge is 0.150 e. The zero-order chi connectivity index (χ0) is 11.8. The van der Waals surface area contributed by atoms with Crippen molar-refractivity contribution >= 4 is 12.4 Å². The van der Waals surface area contributed by atoms with Gasteiger partial charge in [0.1, 0.15) is 23.4 Å². The highest BCUT2D eigenvalue weighted by atomic mass is 16.5. The van der Waals surface area contributed by atoms with E-state index in [0.717, 1.165) is 23.3 Å². The molecular weight excluding hydrogens is 204 g/mol. The van der Waals surface area contributed by atoms with Crippen molar-refractivity contribution in [3.63, 3.8) is 0 Å². The summed E-state index contributed by atoms with van der Waals surface area (Å²) in [4.78, 5) is 11.0. The Labute approximate surface area is 94.7 Å². The highest BCUT2D eigenvalue weighted by Crippen LogP contribution is 2.36. The van der Waals surface area contributed by atoms with Gasteiger partial charge in [-0.3, -0.25) is 4.79 Å². The van der Waals surface area contributed by atoms with Crippen LogP contribution in [0.2, 0.25) is 0 Å². The molecule has 0 bridgehead atoms. The number of fused-ring (bicyclic) bond motifs is 1. The normalized spacial score (nSPS) is 16.8. The summed E-state index contributed by atoms with van der Waals surface area (Å²) in [5, 5.41) is 0. The topological polar surface area (TPSA) is 35.5 Å². The van der Waals surface area contributed by atoms with E-state index in [0.29, 0.717) is 5.57 Å². The average molecular weight is 218 g/mol. The molecule has 0 fully saturated rings. The van der Waals surface area contributed by atoms with Crippen LogP contribution in [0.3, 0.4) is 0 Å². The Morgan fingerprint density at radius 1 is 1.38 bits per heavy atom. The third-order valence-corrected chi connectivity index (χ3v) is 2.72. The Bertz CT molecular complexity index is 458. The summed E-state index contributed by atoms with van der Waals surface area (Å²) in [6.07, 6.45) is 2.68. The van der Waals surface area contributed by atoms with E-state index in [1.807, 2.05) is 38.1 Å². The van der Waals surface area contributed by atoms with Crippen LogP contribution in [-0.2, 0) is 4.79 Å². The molecule has 1 aliphatic rings. The highest BCUT2D eigenvalue weighted by molar-refractivity contribution is 5.86. The van der Waals surface area contributed by atoms with Crippen molar-refractivity contribution in [1.29, 1.82) is 0 Å². The van der Waals surface area contributed by atoms with Gasteiger partial charge in [-0.1, -0.05) is 0 Å². The van der Waals surface area contributed by atoms with Crippen LogP contribution < -0.4 is 9.47 Å². The number of rotatable bonds is 2. The molecule has 0 spiro atoms. The van der Waals surface area contributed by atoms with Gasteiger partial charge in [-0.2, -0.15) is 0 Å². The highest BCUT2D eigenvalue weighted by Gasteiger charge is 2.30. The van der Waals surface area contributed by atoms with Gasteiger partial charge in [0.25, 0.3) is 0 Å². The first-order valence-electron chi connectivity index (χ1n) is 5.11. The number of methoxy groups -OCH3 is 1. The van der Waals surface area contributed by atoms with Gasteiger partial charge in [-0.05, 0) is 38.1 Å². The van der Waals surface area contributed by atoms with Gasteiger partial charge in [-0.25, -0.2) is 0 Å². The van der Waals surface area contributed by atoms with E-state index in [-0.39, 0.29) is 0 Å². The van der Waals surface area contributed by atoms with Gasteiger partial charge in [-0.15, -0.1) is 0 Å². The van der Waals surface area contributed by atoms with E-state index in [1.165, 1.54) is 0 Å². The second-order valence-corrected chi connectivity index (χ2v) is 4.23. The van der Waals surface area contributed by atoms with Crippen LogP contribution in [0.25, 0.3) is 6.08 Å². The summed E-state index contributed by atoms with van der Waals surface area (Å²) in [5.74, 6) is 1.53. The van der Waals surface area contributed by atoms with E-state index < -0.39 is 5.60 Å². The molecule has 0 unspecified atom stereocenters. The van der Waals surface area contributed by atoms with Crippen LogP contribution in [0.15, 0.2) is 23.8 Å². The van der Waals surface area contributed by atoms with Gasteiger partial charge in [0, 0.05) is 11.1 Å². The Balaban J connectivity index is 2.52. The minimum Gasteiger partial charge on any atom is -0.497 e. The van der Waals surface area contributed by atoms with Crippen molar-refractivity contribution in [3.05, 3.63) is 29.3 Å². The van der Waals surface area contributed by atoms with Crippen molar-refractivity contribution in [2.45, 2.75) is 19.4 Å². The van der Waals surface area contributed by atoms with Crippen LogP contribution in [-0.4, -0.2) is 19.0 Å². The van der Waals surface area contributed by atoms with Crippen molar-refractivity contribution in [2.75, 3.05) is 7.11 Å². The zero-order valence-corrected chi connectivity index (χ0v) is 9.61. The molecule has 0 atom stereocenters. The van der Waals surface area contributed by atoms with E-state index >= 15 is 0 Å². The molecule has 1 aromatic rings. The standard InChI is InChI=1S/C13H14O3/c1-13(2)10(8-14)6-9-7-11(15-3)4-5-12(9)16-13/h4-8H,1-3H3. The molecule has 0 saturated carbocycles. The molecule has 16 heavy (non-hydrogen) atoms. The minimum atomic E-state index is -0.566. The minimum absolute atomic E-state index is 0.566. The number of ether oxygens (including phenoxy) is 2. The second-order valence-electron chi connectivity index (χ2n) is 4.23. The van der Waals surface area contributed by atoms with Crippen molar-refractivity contribution in [2.24, 2.45) is 0 Å². The average Bonchev–Trinajstić information content (AvgIpc) is 2.26. The number of benzene rings is 1. The SMILES string of the molecule is COc1ccc2c(c1)C=C(C=O)C(C)(C)O2. The number of carbonyl (C=O) groups excluding carboxylic acids is 1. The van der Waals surface area contributed by atoms with Crippen LogP contribution in [0.4, 0.5) is 0 Å². The maximum Gasteiger partial charge on any atom is 0.150 e. The van der Waals surface area contributed by atoms with Gasteiger partial charge >= 0.3 is 0 Å². The fraction of sp³-hybridized carbons (Fsp3) is 0.308. The summed E-state index contributed by atoms with van der Waals surface area (Å²) in [6.45, 7) is 3.75. The predicted octanol–water partition coefficient (Wildman–Crippen LogP) is 2.45. The lowest BCUT2D eigenvalue weighted by molar-refractivity contribution is -0.106. The van der Waals surface area contributed by atoms with E-state index in [1.54, 1.807) is 7.11 Å². The van der Waals surface area contributed by atoms with E-state index in [2.05, 4.69) is 0 Å². The first-order chi connectivity index (χ1) is 7.56. The Morgan fingerprint density at radius 3 is 2.75 bits per heavy atom. The number of hydrogen-bond acceptors (Lipinski definition) is 3. The van der Waals surface area contributed by atoms with Gasteiger partial charge in [0.15, 0.2) is 0 Å². The monoisotopic (exact) mass is 218 g/mol. The largest absolute Gasteiger partial charge is 0.497 e. The maximum atomic E-state index is 11.0. The molecule has 0 saturated heterocycles. The van der Waals surface area contributed by atoms with Gasteiger partial charge in [0.2, 0.25) is 0 Å². The van der Waals surface area contributed by atoms with Crippen molar-refractivity contribution < 1.29 is 14.3 Å². The molecule has 0 radical (unpaired) electrons. The third-order valence-electron chi connectivity index (χ3n) is 2.72. The quantitative estimate of drug-likeness (QED) is 0.715. The fourth-order valence-corrected chi connectivity index (χ4v) is 1.71. The molecule has 84 valence electrons. The molecule has 1 aliphatic heterocycles. The molecule has 0 N–H and O–H groups in total. The second kappa shape index (κ2) is 3.67. The number of aldehydes is 1. The van der Waals surface area contributed by atoms with Crippen molar-refractivity contribution in [3.8, 4) is 11.5 Å². The molecule has 1 heterocycles. The summed E-state index contributed by atoms with van der Waals surface area (Å²) in [7, 11) is 1.61. The van der Waals surface area contributed by atoms with Gasteiger partial charge < -0.3 is 9.47 Å². The molecular formula is C13H14O3. The zero-order valence-electron chi connectivity index (χ0n) is 9.61. The maximum absolute atomic E-state index is 11.0. The fourth-order valence-electron chi connectivity index (χ4n) is 1.71. The molecule has 0 aliphatic carbocycles. The lowest BCUT2D eigenvalue weighted by Crippen LogP contribution is -2.33. The molecule has 3 nitrogen and oxygen atoms in total. The molecule has 1 aromatic carbocycles. The molecule has 0 aromatic heterocycles. The molecule has 3 heteroatoms. The number of carbonyl (C=O) groups is 1. The van der Waals surface area contributed by atoms with Crippen LogP contribution in [0.1, 0.15) is 19.4 Å². The van der Waals surface area contributed by atoms with E-state index in [4.69, 9.17) is 9.47 Å². The van der Waals surface area contributed by atoms with Crippen LogP contribution in [0, 0.1) is 0 Å². The molecule has 2 rings (SSSR count). The lowest BCUT2D eigenvalue weighted by atomic mass is 9.93. The number of hydrogen-bond donors (Lipinski definition) is 0. The van der Waals surface area contributed by atoms with Crippen LogP contribution >= 0.6 is 0 Å². The van der Waals surface area contributed by atoms with E-state index in [9.17, 15) is 4.79 Å². The Morgan fingerprint density at radius 2 is 2.12 bits per heavy atom. The van der Waals surface area contributed by atoms with Crippen LogP contribution in [0.5, 0.6) is 11.5 Å². The third kappa shape index (κ3) is 1.69. The Hall–Kier alpha value is -1.77. The summed E-state index contributed by atoms with van der Waals surface area (Å²) >= 11 is 0. The first-order valence-corrected chi connectivity index (χ1v) is 5.11. The lowest BCUT2D eigenvalue weighted by Gasteiger charge is -2.31. The Kier molecular flexibility index (Phi) is 2.46. The summed E-state index contributed by atoms with van der Waals surface area (Å²) in [6, 6.07) is 5.55. The van der Waals surface area contributed by atoms with Crippen molar-refractivity contribution in [1.82, 2.24) is 0 Å². The summed E-state index contributed by atoms with van der Waals surface area (Å²) < 4.78 is 10.9. The van der Waals surface area contributed by atoms with Gasteiger partial charge in [0.05, 0.1) is 7.11 Å².